The minimum absolute atomic E-state index is 0.0571. The number of methoxy groups -OCH3 is 4. The van der Waals surface area contributed by atoms with Gasteiger partial charge in [0.25, 0.3) is 0 Å². The fourth-order valence-corrected chi connectivity index (χ4v) is 4.66. The van der Waals surface area contributed by atoms with Gasteiger partial charge in [-0.1, -0.05) is 0 Å². The van der Waals surface area contributed by atoms with Crippen molar-refractivity contribution in [3.63, 3.8) is 0 Å². The van der Waals surface area contributed by atoms with Crippen LogP contribution in [0.5, 0.6) is 23.0 Å². The highest BCUT2D eigenvalue weighted by atomic mass is 16.5. The van der Waals surface area contributed by atoms with Crippen LogP contribution in [0.3, 0.4) is 0 Å². The number of hydrogen-bond acceptors (Lipinski definition) is 6. The Hall–Kier alpha value is -2.44. The average molecular weight is 385 g/mol. The molecular formula is C22H27NO5. The molecule has 2 aromatic carbocycles. The molecule has 1 N–H and O–H groups in total. The van der Waals surface area contributed by atoms with Crippen LogP contribution in [0.2, 0.25) is 0 Å². The van der Waals surface area contributed by atoms with Gasteiger partial charge in [0, 0.05) is 12.6 Å². The van der Waals surface area contributed by atoms with Crippen LogP contribution < -0.4 is 18.9 Å². The third-order valence-corrected chi connectivity index (χ3v) is 6.03. The van der Waals surface area contributed by atoms with E-state index in [0.717, 1.165) is 42.2 Å². The van der Waals surface area contributed by atoms with Crippen LogP contribution in [0.25, 0.3) is 0 Å². The summed E-state index contributed by atoms with van der Waals surface area (Å²) in [4.78, 5) is 2.39. The molecule has 0 aromatic heterocycles. The van der Waals surface area contributed by atoms with Gasteiger partial charge in [0.2, 0.25) is 0 Å². The number of hydrogen-bond donors (Lipinski definition) is 1. The van der Waals surface area contributed by atoms with Crippen LogP contribution in [-0.2, 0) is 12.8 Å². The molecule has 2 heterocycles. The zero-order valence-electron chi connectivity index (χ0n) is 16.8. The Labute approximate surface area is 165 Å². The molecule has 28 heavy (non-hydrogen) atoms. The van der Waals surface area contributed by atoms with Gasteiger partial charge >= 0.3 is 0 Å². The van der Waals surface area contributed by atoms with Gasteiger partial charge in [-0.15, -0.1) is 0 Å². The minimum Gasteiger partial charge on any atom is -0.493 e. The number of aliphatic hydroxyl groups excluding tert-OH is 1. The van der Waals surface area contributed by atoms with Gasteiger partial charge in [-0.25, -0.2) is 0 Å². The highest BCUT2D eigenvalue weighted by Crippen LogP contribution is 2.48. The van der Waals surface area contributed by atoms with Crippen LogP contribution >= 0.6 is 0 Å². The van der Waals surface area contributed by atoms with Gasteiger partial charge < -0.3 is 24.1 Å². The molecule has 0 aliphatic carbocycles. The smallest absolute Gasteiger partial charge is 0.161 e. The summed E-state index contributed by atoms with van der Waals surface area (Å²) in [6.07, 6.45) is 1.75. The fraction of sp³-hybridized carbons (Fsp3) is 0.455. The average Bonchev–Trinajstić information content (AvgIpc) is 2.75. The summed E-state index contributed by atoms with van der Waals surface area (Å²) in [5.74, 6) is 2.91. The number of aliphatic hydroxyl groups is 1. The highest BCUT2D eigenvalue weighted by Gasteiger charge is 2.39. The van der Waals surface area contributed by atoms with Gasteiger partial charge in [0.15, 0.2) is 23.0 Å². The number of nitrogens with zero attached hydrogens (tertiary/aromatic N) is 1. The lowest BCUT2D eigenvalue weighted by atomic mass is 9.80. The molecule has 2 aliphatic rings. The Balaban J connectivity index is 1.82. The van der Waals surface area contributed by atoms with E-state index in [4.69, 9.17) is 18.9 Å². The van der Waals surface area contributed by atoms with E-state index in [1.54, 1.807) is 28.4 Å². The summed E-state index contributed by atoms with van der Waals surface area (Å²) in [6.45, 7) is 0.938. The van der Waals surface area contributed by atoms with Crippen molar-refractivity contribution >= 4 is 0 Å². The molecule has 0 saturated carbocycles. The zero-order valence-corrected chi connectivity index (χ0v) is 16.8. The molecule has 2 atom stereocenters. The topological polar surface area (TPSA) is 60.4 Å². The van der Waals surface area contributed by atoms with E-state index < -0.39 is 0 Å². The van der Waals surface area contributed by atoms with Crippen molar-refractivity contribution in [3.05, 3.63) is 46.5 Å². The Morgan fingerprint density at radius 3 is 1.93 bits per heavy atom. The highest BCUT2D eigenvalue weighted by molar-refractivity contribution is 5.53. The summed E-state index contributed by atoms with van der Waals surface area (Å²) >= 11 is 0. The molecule has 0 fully saturated rings. The van der Waals surface area contributed by atoms with E-state index in [1.807, 2.05) is 12.1 Å². The largest absolute Gasteiger partial charge is 0.493 e. The second-order valence-electron chi connectivity index (χ2n) is 7.22. The maximum Gasteiger partial charge on any atom is 0.161 e. The third-order valence-electron chi connectivity index (χ3n) is 6.03. The minimum atomic E-state index is -0.0743. The van der Waals surface area contributed by atoms with Crippen molar-refractivity contribution < 1.29 is 24.1 Å². The number of fused-ring (bicyclic) bond motifs is 4. The molecule has 0 bridgehead atoms. The Morgan fingerprint density at radius 1 is 0.821 bits per heavy atom. The SMILES string of the molecule is COc1cc2c(cc1OC)[C@H](CO)N1CCc3cc(OC)c(OC)cc3[C@@H]1C2. The maximum atomic E-state index is 10.2. The first kappa shape index (κ1) is 18.9. The van der Waals surface area contributed by atoms with Crippen molar-refractivity contribution in [3.8, 4) is 23.0 Å². The molecular weight excluding hydrogens is 358 g/mol. The van der Waals surface area contributed by atoms with Crippen LogP contribution in [-0.4, -0.2) is 51.6 Å². The number of rotatable bonds is 5. The van der Waals surface area contributed by atoms with E-state index >= 15 is 0 Å². The van der Waals surface area contributed by atoms with E-state index in [0.29, 0.717) is 5.75 Å². The first-order valence-corrected chi connectivity index (χ1v) is 9.51. The van der Waals surface area contributed by atoms with Gasteiger partial charge in [0.1, 0.15) is 0 Å². The van der Waals surface area contributed by atoms with Gasteiger partial charge in [-0.3, -0.25) is 4.90 Å². The van der Waals surface area contributed by atoms with Gasteiger partial charge in [-0.2, -0.15) is 0 Å². The lowest BCUT2D eigenvalue weighted by Gasteiger charge is -2.46. The Bertz CT molecular complexity index is 882. The summed E-state index contributed by atoms with van der Waals surface area (Å²) in [5.41, 5.74) is 4.81. The molecule has 150 valence electrons. The third kappa shape index (κ3) is 2.88. The zero-order chi connectivity index (χ0) is 19.8. The molecule has 0 unspecified atom stereocenters. The van der Waals surface area contributed by atoms with Crippen molar-refractivity contribution in [1.82, 2.24) is 4.90 Å². The molecule has 0 saturated heterocycles. The molecule has 0 radical (unpaired) electrons. The number of ether oxygens (including phenoxy) is 4. The number of benzene rings is 2. The quantitative estimate of drug-likeness (QED) is 0.854. The van der Waals surface area contributed by atoms with Crippen LogP contribution in [0.15, 0.2) is 24.3 Å². The van der Waals surface area contributed by atoms with E-state index in [9.17, 15) is 5.11 Å². The molecule has 4 rings (SSSR count). The van der Waals surface area contributed by atoms with Crippen LogP contribution in [0.4, 0.5) is 0 Å². The summed E-state index contributed by atoms with van der Waals surface area (Å²) in [6, 6.07) is 8.33. The van der Waals surface area contributed by atoms with E-state index in [2.05, 4.69) is 17.0 Å². The standard InChI is InChI=1S/C22H27NO5/c1-25-19-8-13-5-6-23-17(15(13)10-21(19)27-3)7-14-9-20(26-2)22(28-4)11-16(14)18(23)12-24/h8-11,17-18,24H,5-7,12H2,1-4H3/t17-,18-/m0/s1. The normalized spacial score (nSPS) is 20.6. The maximum absolute atomic E-state index is 10.2. The van der Waals surface area contributed by atoms with Gasteiger partial charge in [0.05, 0.1) is 41.1 Å². The summed E-state index contributed by atoms with van der Waals surface area (Å²) in [7, 11) is 6.61. The van der Waals surface area contributed by atoms with E-state index in [-0.39, 0.29) is 18.7 Å². The molecule has 2 aliphatic heterocycles. The van der Waals surface area contributed by atoms with Crippen molar-refractivity contribution in [1.29, 1.82) is 0 Å². The second kappa shape index (κ2) is 7.53. The Kier molecular flexibility index (Phi) is 5.08. The molecule has 6 nitrogen and oxygen atoms in total. The lowest BCUT2D eigenvalue weighted by molar-refractivity contribution is 0.0625. The molecule has 0 amide bonds. The molecule has 0 spiro atoms. The summed E-state index contributed by atoms with van der Waals surface area (Å²) in [5, 5.41) is 10.2. The second-order valence-corrected chi connectivity index (χ2v) is 7.22. The predicted molar refractivity (Wildman–Crippen MR) is 106 cm³/mol. The fourth-order valence-electron chi connectivity index (χ4n) is 4.66. The monoisotopic (exact) mass is 385 g/mol. The van der Waals surface area contributed by atoms with Crippen molar-refractivity contribution in [2.45, 2.75) is 24.9 Å². The predicted octanol–water partition coefficient (Wildman–Crippen LogP) is 2.91. The first-order chi connectivity index (χ1) is 13.6. The first-order valence-electron chi connectivity index (χ1n) is 9.51. The van der Waals surface area contributed by atoms with Crippen LogP contribution in [0, 0.1) is 0 Å². The van der Waals surface area contributed by atoms with E-state index in [1.165, 1.54) is 16.7 Å². The van der Waals surface area contributed by atoms with Crippen molar-refractivity contribution in [2.75, 3.05) is 41.6 Å². The Morgan fingerprint density at radius 2 is 1.36 bits per heavy atom. The van der Waals surface area contributed by atoms with Gasteiger partial charge in [-0.05, 0) is 59.4 Å². The summed E-state index contributed by atoms with van der Waals surface area (Å²) < 4.78 is 22.0. The van der Waals surface area contributed by atoms with Crippen LogP contribution in [0.1, 0.15) is 34.3 Å². The molecule has 2 aromatic rings. The van der Waals surface area contributed by atoms with Crippen molar-refractivity contribution in [2.24, 2.45) is 0 Å². The lowest BCUT2D eigenvalue weighted by Crippen LogP contribution is -2.44. The molecule has 6 heteroatoms.